The van der Waals surface area contributed by atoms with Gasteiger partial charge in [-0.3, -0.25) is 4.79 Å². The first-order valence-corrected chi connectivity index (χ1v) is 11.7. The van der Waals surface area contributed by atoms with E-state index in [1.165, 1.54) is 17.0 Å². The molecule has 3 aromatic rings. The minimum atomic E-state index is -1.28. The van der Waals surface area contributed by atoms with Crippen LogP contribution in [0.25, 0.3) is 0 Å². The Morgan fingerprint density at radius 3 is 1.81 bits per heavy atom. The molecule has 7 nitrogen and oxygen atoms in total. The van der Waals surface area contributed by atoms with E-state index in [2.05, 4.69) is 32.2 Å². The average molecular weight is 481 g/mol. The minimum Gasteiger partial charge on any atom is -0.478 e. The van der Waals surface area contributed by atoms with Crippen molar-refractivity contribution in [2.45, 2.75) is 24.8 Å². The summed E-state index contributed by atoms with van der Waals surface area (Å²) in [6, 6.07) is 16.7. The third kappa shape index (κ3) is 2.84. The third-order valence-corrected chi connectivity index (χ3v) is 7.69. The van der Waals surface area contributed by atoms with Crippen LogP contribution in [0.3, 0.4) is 0 Å². The highest BCUT2D eigenvalue weighted by atomic mass is 16.4. The van der Waals surface area contributed by atoms with Gasteiger partial charge < -0.3 is 14.9 Å². The highest BCUT2D eigenvalue weighted by molar-refractivity contribution is 6.04. The topological polar surface area (TPSA) is 87.9 Å². The molecule has 1 aliphatic carbocycles. The van der Waals surface area contributed by atoms with Crippen LogP contribution in [-0.4, -0.2) is 50.1 Å². The molecule has 0 radical (unpaired) electrons. The molecule has 1 aliphatic heterocycles. The fourth-order valence-electron chi connectivity index (χ4n) is 5.78. The Balaban J connectivity index is 1.99. The summed E-state index contributed by atoms with van der Waals surface area (Å²) >= 11 is 0. The molecular weight excluding hydrogens is 452 g/mol. The second kappa shape index (κ2) is 7.59. The zero-order valence-electron chi connectivity index (χ0n) is 21.2. The molecule has 1 N–H and O–H groups in total. The van der Waals surface area contributed by atoms with Gasteiger partial charge in [-0.1, -0.05) is 26.0 Å². The SMILES string of the molecule is CN(C)c1ccc2c(c1)C(C)(C)c1cc(N(C)C)ccc1C21c2cc(C(=O)O)ccc2C(=O)N1C#N. The maximum absolute atomic E-state index is 13.7. The molecule has 0 saturated carbocycles. The van der Waals surface area contributed by atoms with Crippen LogP contribution in [-0.2, 0) is 11.0 Å². The van der Waals surface area contributed by atoms with Crippen molar-refractivity contribution < 1.29 is 14.7 Å². The number of hydrogen-bond donors (Lipinski definition) is 1. The van der Waals surface area contributed by atoms with Crippen molar-refractivity contribution in [3.63, 3.8) is 0 Å². The summed E-state index contributed by atoms with van der Waals surface area (Å²) in [7, 11) is 7.89. The Morgan fingerprint density at radius 1 is 0.833 bits per heavy atom. The van der Waals surface area contributed by atoms with E-state index in [-0.39, 0.29) is 5.56 Å². The molecule has 1 spiro atoms. The summed E-state index contributed by atoms with van der Waals surface area (Å²) in [5.41, 5.74) is 4.77. The quantitative estimate of drug-likeness (QED) is 0.560. The number of hydrogen-bond acceptors (Lipinski definition) is 5. The van der Waals surface area contributed by atoms with E-state index in [1.54, 1.807) is 6.07 Å². The molecule has 1 heterocycles. The van der Waals surface area contributed by atoms with Crippen molar-refractivity contribution in [1.82, 2.24) is 4.90 Å². The van der Waals surface area contributed by atoms with Crippen molar-refractivity contribution >= 4 is 23.3 Å². The van der Waals surface area contributed by atoms with E-state index < -0.39 is 22.8 Å². The van der Waals surface area contributed by atoms with Crippen molar-refractivity contribution in [3.05, 3.63) is 93.5 Å². The van der Waals surface area contributed by atoms with Gasteiger partial charge in [0.2, 0.25) is 0 Å². The summed E-state index contributed by atoms with van der Waals surface area (Å²) in [6.07, 6.45) is 2.17. The third-order valence-electron chi connectivity index (χ3n) is 7.69. The van der Waals surface area contributed by atoms with Crippen LogP contribution in [0.2, 0.25) is 0 Å². The lowest BCUT2D eigenvalue weighted by molar-refractivity contribution is 0.0696. The number of fused-ring (bicyclic) bond motifs is 6. The second-order valence-electron chi connectivity index (χ2n) is 10.4. The van der Waals surface area contributed by atoms with E-state index in [0.29, 0.717) is 11.1 Å². The van der Waals surface area contributed by atoms with Gasteiger partial charge in [-0.25, -0.2) is 9.69 Å². The first kappa shape index (κ1) is 23.4. The Labute approximate surface area is 210 Å². The van der Waals surface area contributed by atoms with E-state index in [9.17, 15) is 20.0 Å². The molecule has 0 saturated heterocycles. The molecule has 36 heavy (non-hydrogen) atoms. The number of carbonyl (C=O) groups excluding carboxylic acids is 1. The summed E-state index contributed by atoms with van der Waals surface area (Å²) in [6.45, 7) is 4.30. The Kier molecular flexibility index (Phi) is 4.94. The first-order valence-electron chi connectivity index (χ1n) is 11.7. The highest BCUT2D eigenvalue weighted by Crippen LogP contribution is 2.58. The molecule has 0 bridgehead atoms. The zero-order valence-corrected chi connectivity index (χ0v) is 21.2. The predicted octanol–water partition coefficient (Wildman–Crippen LogP) is 4.38. The number of benzene rings is 3. The summed E-state index contributed by atoms with van der Waals surface area (Å²) in [5, 5.41) is 20.2. The number of amides is 1. The molecular formula is C29H28N4O3. The lowest BCUT2D eigenvalue weighted by atomic mass is 9.60. The van der Waals surface area contributed by atoms with E-state index in [0.717, 1.165) is 33.6 Å². The van der Waals surface area contributed by atoms with Gasteiger partial charge >= 0.3 is 5.97 Å². The molecule has 3 aromatic carbocycles. The van der Waals surface area contributed by atoms with E-state index in [4.69, 9.17) is 0 Å². The van der Waals surface area contributed by atoms with Crippen molar-refractivity contribution in [2.75, 3.05) is 38.0 Å². The van der Waals surface area contributed by atoms with Gasteiger partial charge in [0.05, 0.1) is 5.56 Å². The van der Waals surface area contributed by atoms with Crippen LogP contribution >= 0.6 is 0 Å². The number of carboxylic acids is 1. The van der Waals surface area contributed by atoms with Crippen molar-refractivity contribution in [3.8, 4) is 6.19 Å². The molecule has 7 heteroatoms. The van der Waals surface area contributed by atoms with Crippen LogP contribution in [0.4, 0.5) is 11.4 Å². The Morgan fingerprint density at radius 2 is 1.36 bits per heavy atom. The predicted molar refractivity (Wildman–Crippen MR) is 139 cm³/mol. The van der Waals surface area contributed by atoms with Crippen LogP contribution in [0.15, 0.2) is 54.6 Å². The minimum absolute atomic E-state index is 0.0727. The molecule has 2 aliphatic rings. The normalized spacial score (nSPS) is 16.1. The lowest BCUT2D eigenvalue weighted by Crippen LogP contribution is -2.49. The molecule has 0 unspecified atom stereocenters. The molecule has 1 amide bonds. The molecule has 0 fully saturated rings. The smallest absolute Gasteiger partial charge is 0.335 e. The number of carboxylic acid groups (broad SMARTS) is 1. The summed E-state index contributed by atoms with van der Waals surface area (Å²) in [4.78, 5) is 30.9. The van der Waals surface area contributed by atoms with Crippen LogP contribution in [0.1, 0.15) is 62.4 Å². The van der Waals surface area contributed by atoms with Gasteiger partial charge in [0.15, 0.2) is 6.19 Å². The number of carbonyl (C=O) groups is 2. The van der Waals surface area contributed by atoms with Crippen molar-refractivity contribution in [1.29, 1.82) is 5.26 Å². The molecule has 5 rings (SSSR count). The maximum Gasteiger partial charge on any atom is 0.335 e. The Hall–Kier alpha value is -4.31. The number of rotatable bonds is 3. The summed E-state index contributed by atoms with van der Waals surface area (Å²) < 4.78 is 0. The number of aromatic carboxylic acids is 1. The monoisotopic (exact) mass is 480 g/mol. The maximum atomic E-state index is 13.7. The number of anilines is 2. The van der Waals surface area contributed by atoms with Gasteiger partial charge in [0, 0.05) is 56.1 Å². The largest absolute Gasteiger partial charge is 0.478 e. The second-order valence-corrected chi connectivity index (χ2v) is 10.4. The molecule has 0 aromatic heterocycles. The van der Waals surface area contributed by atoms with Crippen molar-refractivity contribution in [2.24, 2.45) is 0 Å². The fraction of sp³-hybridized carbons (Fsp3) is 0.276. The van der Waals surface area contributed by atoms with Crippen LogP contribution < -0.4 is 9.80 Å². The van der Waals surface area contributed by atoms with Gasteiger partial charge in [0.1, 0.15) is 5.54 Å². The van der Waals surface area contributed by atoms with E-state index in [1.807, 2.05) is 62.3 Å². The lowest BCUT2D eigenvalue weighted by Gasteiger charge is -2.48. The average Bonchev–Trinajstić information content (AvgIpc) is 3.10. The number of nitriles is 1. The fourth-order valence-corrected chi connectivity index (χ4v) is 5.78. The van der Waals surface area contributed by atoms with E-state index >= 15 is 0 Å². The highest BCUT2D eigenvalue weighted by Gasteiger charge is 2.58. The van der Waals surface area contributed by atoms with Gasteiger partial charge in [0.25, 0.3) is 5.91 Å². The standard InChI is InChI=1S/C29H28N4O3/c1-28(2)24-14-18(31(3)4)8-11-21(24)29(22-12-9-19(32(5)6)15-25(22)28)23-13-17(27(35)36)7-10-20(23)26(34)33(29)16-30/h7-15H,1-6H3,(H,35,36). The van der Waals surface area contributed by atoms with Crippen LogP contribution in [0, 0.1) is 11.5 Å². The molecule has 182 valence electrons. The molecule has 0 atom stereocenters. The number of nitrogens with zero attached hydrogens (tertiary/aromatic N) is 4. The van der Waals surface area contributed by atoms with Crippen LogP contribution in [0.5, 0.6) is 0 Å². The first-order chi connectivity index (χ1) is 17.0. The van der Waals surface area contributed by atoms with Gasteiger partial charge in [-0.15, -0.1) is 0 Å². The van der Waals surface area contributed by atoms with Gasteiger partial charge in [-0.2, -0.15) is 5.26 Å². The summed E-state index contributed by atoms with van der Waals surface area (Å²) in [5.74, 6) is -1.52. The van der Waals surface area contributed by atoms with Gasteiger partial charge in [-0.05, 0) is 64.7 Å². The Bertz CT molecular complexity index is 1440. The zero-order chi connectivity index (χ0) is 26.2.